The van der Waals surface area contributed by atoms with E-state index in [4.69, 9.17) is 17.3 Å². The number of benzene rings is 1. The number of unbranched alkanes of at least 4 members (excludes halogenated alkanes) is 1. The molecule has 0 radical (unpaired) electrons. The summed E-state index contributed by atoms with van der Waals surface area (Å²) in [5.74, 6) is 0. The third-order valence-electron chi connectivity index (χ3n) is 2.32. The molecule has 0 bridgehead atoms. The third-order valence-corrected chi connectivity index (χ3v) is 3.90. The lowest BCUT2D eigenvalue weighted by atomic mass is 10.1. The van der Waals surface area contributed by atoms with E-state index in [1.54, 1.807) is 18.2 Å². The van der Waals surface area contributed by atoms with E-state index < -0.39 is 9.84 Å². The average Bonchev–Trinajstić information content (AvgIpc) is 2.16. The van der Waals surface area contributed by atoms with Crippen molar-refractivity contribution >= 4 is 21.4 Å². The van der Waals surface area contributed by atoms with Gasteiger partial charge in [-0.1, -0.05) is 17.7 Å². The fraction of sp³-hybridized carbons (Fsp3) is 0.455. The van der Waals surface area contributed by atoms with Gasteiger partial charge >= 0.3 is 0 Å². The summed E-state index contributed by atoms with van der Waals surface area (Å²) in [4.78, 5) is 0.191. The lowest BCUT2D eigenvalue weighted by Gasteiger charge is -2.05. The molecule has 90 valence electrons. The molecule has 0 fully saturated rings. The Kier molecular flexibility index (Phi) is 4.77. The number of hydrogen-bond donors (Lipinski definition) is 1. The highest BCUT2D eigenvalue weighted by Crippen LogP contribution is 2.23. The van der Waals surface area contributed by atoms with Gasteiger partial charge in [0.05, 0.1) is 9.92 Å². The Hall–Kier alpha value is -0.580. The fourth-order valence-electron chi connectivity index (χ4n) is 1.47. The molecule has 0 spiro atoms. The molecule has 1 aromatic carbocycles. The van der Waals surface area contributed by atoms with Crippen molar-refractivity contribution in [2.24, 2.45) is 5.73 Å². The summed E-state index contributed by atoms with van der Waals surface area (Å²) >= 11 is 5.92. The van der Waals surface area contributed by atoms with Crippen molar-refractivity contribution < 1.29 is 8.42 Å². The molecule has 1 rings (SSSR count). The molecular weight excluding hydrogens is 246 g/mol. The molecule has 2 N–H and O–H groups in total. The van der Waals surface area contributed by atoms with Crippen molar-refractivity contribution in [3.8, 4) is 0 Å². The van der Waals surface area contributed by atoms with Gasteiger partial charge in [0.25, 0.3) is 0 Å². The van der Waals surface area contributed by atoms with E-state index in [9.17, 15) is 8.42 Å². The van der Waals surface area contributed by atoms with E-state index in [2.05, 4.69) is 0 Å². The monoisotopic (exact) mass is 261 g/mol. The van der Waals surface area contributed by atoms with Gasteiger partial charge in [-0.3, -0.25) is 0 Å². The van der Waals surface area contributed by atoms with Crippen molar-refractivity contribution in [1.29, 1.82) is 0 Å². The number of halogens is 1. The molecule has 0 heterocycles. The van der Waals surface area contributed by atoms with Crippen LogP contribution >= 0.6 is 11.6 Å². The van der Waals surface area contributed by atoms with Crippen LogP contribution in [0.1, 0.15) is 18.4 Å². The van der Waals surface area contributed by atoms with Gasteiger partial charge in [0, 0.05) is 6.26 Å². The maximum absolute atomic E-state index is 11.3. The van der Waals surface area contributed by atoms with Crippen LogP contribution in [0.15, 0.2) is 23.1 Å². The minimum atomic E-state index is -3.23. The summed E-state index contributed by atoms with van der Waals surface area (Å²) < 4.78 is 22.6. The molecule has 0 atom stereocenters. The lowest BCUT2D eigenvalue weighted by molar-refractivity contribution is 0.602. The zero-order chi connectivity index (χ0) is 12.2. The van der Waals surface area contributed by atoms with Crippen molar-refractivity contribution in [3.05, 3.63) is 28.8 Å². The Morgan fingerprint density at radius 2 is 2.00 bits per heavy atom. The first-order valence-electron chi connectivity index (χ1n) is 5.13. The highest BCUT2D eigenvalue weighted by Gasteiger charge is 2.11. The quantitative estimate of drug-likeness (QED) is 0.825. The van der Waals surface area contributed by atoms with Gasteiger partial charge in [0.1, 0.15) is 0 Å². The van der Waals surface area contributed by atoms with Crippen LogP contribution in [0.2, 0.25) is 5.02 Å². The minimum Gasteiger partial charge on any atom is -0.330 e. The van der Waals surface area contributed by atoms with E-state index in [0.29, 0.717) is 11.6 Å². The molecule has 0 unspecified atom stereocenters. The van der Waals surface area contributed by atoms with Crippen molar-refractivity contribution in [2.45, 2.75) is 24.2 Å². The van der Waals surface area contributed by atoms with Crippen molar-refractivity contribution in [3.63, 3.8) is 0 Å². The first-order chi connectivity index (χ1) is 7.45. The van der Waals surface area contributed by atoms with Crippen LogP contribution in [-0.4, -0.2) is 21.2 Å². The molecule has 0 aromatic heterocycles. The van der Waals surface area contributed by atoms with E-state index in [-0.39, 0.29) is 4.90 Å². The first kappa shape index (κ1) is 13.5. The van der Waals surface area contributed by atoms with Gasteiger partial charge in [0.15, 0.2) is 9.84 Å². The fourth-order valence-corrected chi connectivity index (χ4v) is 2.83. The molecule has 0 amide bonds. The van der Waals surface area contributed by atoms with Gasteiger partial charge in [-0.25, -0.2) is 8.42 Å². The summed E-state index contributed by atoms with van der Waals surface area (Å²) in [5.41, 5.74) is 6.45. The smallest absolute Gasteiger partial charge is 0.176 e. The molecular formula is C11H16ClNO2S. The molecule has 0 aliphatic rings. The average molecular weight is 262 g/mol. The van der Waals surface area contributed by atoms with Crippen molar-refractivity contribution in [2.75, 3.05) is 12.8 Å². The standard InChI is InChI=1S/C11H16ClNO2S/c1-16(14,15)11-6-5-9(8-10(11)12)4-2-3-7-13/h5-6,8H,2-4,7,13H2,1H3. The zero-order valence-electron chi connectivity index (χ0n) is 9.24. The van der Waals surface area contributed by atoms with E-state index in [1.807, 2.05) is 0 Å². The van der Waals surface area contributed by atoms with Crippen LogP contribution in [0.25, 0.3) is 0 Å². The van der Waals surface area contributed by atoms with Crippen LogP contribution < -0.4 is 5.73 Å². The SMILES string of the molecule is CS(=O)(=O)c1ccc(CCCCN)cc1Cl. The highest BCUT2D eigenvalue weighted by molar-refractivity contribution is 7.90. The number of sulfone groups is 1. The Balaban J connectivity index is 2.83. The van der Waals surface area contributed by atoms with Gasteiger partial charge in [0.2, 0.25) is 0 Å². The normalized spacial score (nSPS) is 11.7. The van der Waals surface area contributed by atoms with E-state index in [1.165, 1.54) is 0 Å². The van der Waals surface area contributed by atoms with Crippen LogP contribution in [0.4, 0.5) is 0 Å². The molecule has 16 heavy (non-hydrogen) atoms. The largest absolute Gasteiger partial charge is 0.330 e. The van der Waals surface area contributed by atoms with E-state index in [0.717, 1.165) is 31.1 Å². The van der Waals surface area contributed by atoms with Crippen LogP contribution in [0, 0.1) is 0 Å². The second-order valence-corrected chi connectivity index (χ2v) is 6.17. The molecule has 0 aliphatic carbocycles. The predicted octanol–water partition coefficient (Wildman–Crippen LogP) is 2.02. The second-order valence-electron chi connectivity index (χ2n) is 3.78. The Morgan fingerprint density at radius 1 is 1.31 bits per heavy atom. The number of nitrogens with two attached hydrogens (primary N) is 1. The summed E-state index contributed by atoms with van der Waals surface area (Å²) in [5, 5.41) is 0.299. The lowest BCUT2D eigenvalue weighted by Crippen LogP contribution is -2.00. The maximum atomic E-state index is 11.3. The number of hydrogen-bond acceptors (Lipinski definition) is 3. The molecule has 5 heteroatoms. The third kappa shape index (κ3) is 3.77. The predicted molar refractivity (Wildman–Crippen MR) is 66.6 cm³/mol. The topological polar surface area (TPSA) is 60.2 Å². The minimum absolute atomic E-state index is 0.191. The first-order valence-corrected chi connectivity index (χ1v) is 7.40. The van der Waals surface area contributed by atoms with Gasteiger partial charge in [-0.2, -0.15) is 0 Å². The van der Waals surface area contributed by atoms with Gasteiger partial charge in [-0.15, -0.1) is 0 Å². The van der Waals surface area contributed by atoms with Crippen LogP contribution in [0.5, 0.6) is 0 Å². The second kappa shape index (κ2) is 5.66. The van der Waals surface area contributed by atoms with Crippen LogP contribution in [0.3, 0.4) is 0 Å². The van der Waals surface area contributed by atoms with Gasteiger partial charge in [-0.05, 0) is 43.5 Å². The Labute approximate surface area is 102 Å². The summed E-state index contributed by atoms with van der Waals surface area (Å²) in [7, 11) is -3.23. The maximum Gasteiger partial charge on any atom is 0.176 e. The Bertz CT molecular complexity index is 457. The van der Waals surface area contributed by atoms with Crippen molar-refractivity contribution in [1.82, 2.24) is 0 Å². The molecule has 0 saturated heterocycles. The number of aryl methyl sites for hydroxylation is 1. The molecule has 0 aliphatic heterocycles. The number of rotatable bonds is 5. The highest BCUT2D eigenvalue weighted by atomic mass is 35.5. The molecule has 3 nitrogen and oxygen atoms in total. The summed E-state index contributed by atoms with van der Waals surface area (Å²) in [6.45, 7) is 0.676. The van der Waals surface area contributed by atoms with Crippen LogP contribution in [-0.2, 0) is 16.3 Å². The van der Waals surface area contributed by atoms with E-state index >= 15 is 0 Å². The molecule has 1 aromatic rings. The zero-order valence-corrected chi connectivity index (χ0v) is 10.8. The summed E-state index contributed by atoms with van der Waals surface area (Å²) in [6.07, 6.45) is 3.99. The van der Waals surface area contributed by atoms with Gasteiger partial charge < -0.3 is 5.73 Å². The Morgan fingerprint density at radius 3 is 2.50 bits per heavy atom. The summed E-state index contributed by atoms with van der Waals surface area (Å²) in [6, 6.07) is 5.09. The molecule has 0 saturated carbocycles.